The maximum atomic E-state index is 14.0. The van der Waals surface area contributed by atoms with E-state index in [-0.39, 0.29) is 21.0 Å². The van der Waals surface area contributed by atoms with Gasteiger partial charge in [0.2, 0.25) is 5.28 Å². The van der Waals surface area contributed by atoms with Crippen LogP contribution in [0.3, 0.4) is 0 Å². The minimum atomic E-state index is -1.19. The topological polar surface area (TPSA) is 58.9 Å². The summed E-state index contributed by atoms with van der Waals surface area (Å²) in [5, 5.41) is 11.2. The summed E-state index contributed by atoms with van der Waals surface area (Å²) in [6.45, 7) is 3.19. The van der Waals surface area contributed by atoms with Crippen molar-refractivity contribution in [2.45, 2.75) is 19.4 Å². The molecule has 24 heavy (non-hydrogen) atoms. The summed E-state index contributed by atoms with van der Waals surface area (Å²) in [5.74, 6) is -0.641. The van der Waals surface area contributed by atoms with Crippen LogP contribution in [0.4, 0.5) is 4.39 Å². The van der Waals surface area contributed by atoms with Crippen molar-refractivity contribution in [1.29, 1.82) is 0 Å². The van der Waals surface area contributed by atoms with Gasteiger partial charge in [-0.25, -0.2) is 14.4 Å². The number of hydrogen-bond acceptors (Lipinski definition) is 4. The molecule has 0 saturated heterocycles. The van der Waals surface area contributed by atoms with E-state index in [0.29, 0.717) is 22.0 Å². The van der Waals surface area contributed by atoms with Gasteiger partial charge in [-0.15, -0.1) is 0 Å². The highest BCUT2D eigenvalue weighted by Gasteiger charge is 2.23. The molecule has 2 heterocycles. The van der Waals surface area contributed by atoms with Crippen molar-refractivity contribution in [3.8, 4) is 11.3 Å². The van der Waals surface area contributed by atoms with Crippen LogP contribution in [0.5, 0.6) is 0 Å². The molecule has 0 spiro atoms. The first-order chi connectivity index (χ1) is 11.2. The van der Waals surface area contributed by atoms with Gasteiger partial charge in [0.1, 0.15) is 5.69 Å². The summed E-state index contributed by atoms with van der Waals surface area (Å²) >= 11 is 18.4. The van der Waals surface area contributed by atoms with Crippen molar-refractivity contribution in [3.63, 3.8) is 0 Å². The average Bonchev–Trinajstić information content (AvgIpc) is 2.49. The van der Waals surface area contributed by atoms with Gasteiger partial charge in [-0.05, 0) is 37.6 Å². The Balaban J connectivity index is 2.33. The molecule has 124 valence electrons. The van der Waals surface area contributed by atoms with Crippen LogP contribution in [-0.2, 0) is 5.60 Å². The molecule has 2 aromatic heterocycles. The number of aromatic nitrogens is 3. The van der Waals surface area contributed by atoms with E-state index in [1.165, 1.54) is 12.3 Å². The average molecular weight is 387 g/mol. The smallest absolute Gasteiger partial charge is 0.223 e. The number of benzene rings is 1. The molecule has 3 aromatic rings. The second-order valence-electron chi connectivity index (χ2n) is 5.73. The molecule has 0 aliphatic carbocycles. The van der Waals surface area contributed by atoms with Crippen molar-refractivity contribution < 1.29 is 9.50 Å². The molecule has 4 nitrogen and oxygen atoms in total. The highest BCUT2D eigenvalue weighted by atomic mass is 35.5. The molecule has 0 radical (unpaired) electrons. The van der Waals surface area contributed by atoms with E-state index in [2.05, 4.69) is 15.0 Å². The summed E-state index contributed by atoms with van der Waals surface area (Å²) < 4.78 is 14.0. The van der Waals surface area contributed by atoms with Crippen LogP contribution < -0.4 is 0 Å². The number of rotatable bonds is 2. The third-order valence-corrected chi connectivity index (χ3v) is 4.38. The van der Waals surface area contributed by atoms with Gasteiger partial charge < -0.3 is 5.11 Å². The van der Waals surface area contributed by atoms with Crippen molar-refractivity contribution >= 4 is 45.7 Å². The Morgan fingerprint density at radius 1 is 1.08 bits per heavy atom. The van der Waals surface area contributed by atoms with Gasteiger partial charge in [-0.2, -0.15) is 0 Å². The fraction of sp³-hybridized carbons (Fsp3) is 0.188. The van der Waals surface area contributed by atoms with Gasteiger partial charge >= 0.3 is 0 Å². The predicted molar refractivity (Wildman–Crippen MR) is 93.0 cm³/mol. The number of nitrogens with zero attached hydrogens (tertiary/aromatic N) is 3. The summed E-state index contributed by atoms with van der Waals surface area (Å²) in [6.07, 6.45) is 2.45. The van der Waals surface area contributed by atoms with E-state index in [1.807, 2.05) is 0 Å². The second-order valence-corrected chi connectivity index (χ2v) is 6.86. The summed E-state index contributed by atoms with van der Waals surface area (Å²) in [7, 11) is 0. The normalized spacial score (nSPS) is 12.0. The molecule has 1 aromatic carbocycles. The molecule has 1 N–H and O–H groups in total. The SMILES string of the molecule is CC(C)(O)c1cnc2c(Cl)cc(-c3nc(Cl)ncc3F)cc2c1Cl. The summed E-state index contributed by atoms with van der Waals surface area (Å²) in [4.78, 5) is 11.7. The Bertz CT molecular complexity index is 957. The lowest BCUT2D eigenvalue weighted by Gasteiger charge is -2.20. The molecule has 0 aliphatic heterocycles. The van der Waals surface area contributed by atoms with Crippen LogP contribution in [0.15, 0.2) is 24.5 Å². The molecular formula is C16H11Cl3FN3O. The highest BCUT2D eigenvalue weighted by Crippen LogP contribution is 2.37. The molecule has 0 unspecified atom stereocenters. The van der Waals surface area contributed by atoms with Crippen LogP contribution in [0.1, 0.15) is 19.4 Å². The number of pyridine rings is 1. The maximum Gasteiger partial charge on any atom is 0.223 e. The third-order valence-electron chi connectivity index (χ3n) is 3.51. The van der Waals surface area contributed by atoms with Crippen LogP contribution in [-0.4, -0.2) is 20.1 Å². The molecule has 0 aliphatic rings. The van der Waals surface area contributed by atoms with E-state index >= 15 is 0 Å². The minimum absolute atomic E-state index is 0.00327. The first-order valence-electron chi connectivity index (χ1n) is 6.87. The minimum Gasteiger partial charge on any atom is -0.386 e. The molecular weight excluding hydrogens is 376 g/mol. The Kier molecular flexibility index (Phi) is 4.38. The fourth-order valence-corrected chi connectivity index (χ4v) is 3.17. The number of halogens is 4. The molecule has 0 amide bonds. The molecule has 8 heteroatoms. The van der Waals surface area contributed by atoms with Gasteiger partial charge in [0, 0.05) is 22.7 Å². The monoisotopic (exact) mass is 385 g/mol. The standard InChI is InChI=1S/C16H11Cl3FN3O/c1-16(2,24)9-5-21-14-8(12(9)18)3-7(4-10(14)17)13-11(20)6-22-15(19)23-13/h3-6,24H,1-2H3. The zero-order valence-corrected chi connectivity index (χ0v) is 14.9. The van der Waals surface area contributed by atoms with Crippen LogP contribution in [0.25, 0.3) is 22.2 Å². The fourth-order valence-electron chi connectivity index (χ4n) is 2.34. The largest absolute Gasteiger partial charge is 0.386 e. The highest BCUT2D eigenvalue weighted by molar-refractivity contribution is 6.40. The lowest BCUT2D eigenvalue weighted by atomic mass is 9.97. The van der Waals surface area contributed by atoms with Gasteiger partial charge in [-0.3, -0.25) is 4.98 Å². The van der Waals surface area contributed by atoms with Gasteiger partial charge in [0.15, 0.2) is 5.82 Å². The number of hydrogen-bond donors (Lipinski definition) is 1. The van der Waals surface area contributed by atoms with Gasteiger partial charge in [0.25, 0.3) is 0 Å². The molecule has 0 fully saturated rings. The molecule has 3 rings (SSSR count). The Morgan fingerprint density at radius 3 is 2.46 bits per heavy atom. The van der Waals surface area contributed by atoms with Crippen molar-refractivity contribution in [2.24, 2.45) is 0 Å². The van der Waals surface area contributed by atoms with Crippen LogP contribution in [0.2, 0.25) is 15.3 Å². The molecule has 0 saturated carbocycles. The van der Waals surface area contributed by atoms with Crippen molar-refractivity contribution in [1.82, 2.24) is 15.0 Å². The number of aliphatic hydroxyl groups is 1. The van der Waals surface area contributed by atoms with Crippen molar-refractivity contribution in [3.05, 3.63) is 51.2 Å². The summed E-state index contributed by atoms with van der Waals surface area (Å²) in [6, 6.07) is 3.13. The quantitative estimate of drug-likeness (QED) is 0.628. The first-order valence-corrected chi connectivity index (χ1v) is 8.01. The van der Waals surface area contributed by atoms with E-state index in [9.17, 15) is 9.50 Å². The second kappa shape index (κ2) is 6.08. The summed E-state index contributed by atoms with van der Waals surface area (Å²) in [5.41, 5.74) is 0.0732. The Hall–Kier alpha value is -1.53. The van der Waals surface area contributed by atoms with Crippen LogP contribution >= 0.6 is 34.8 Å². The van der Waals surface area contributed by atoms with Gasteiger partial charge in [0.05, 0.1) is 27.4 Å². The lowest BCUT2D eigenvalue weighted by molar-refractivity contribution is 0.0785. The third kappa shape index (κ3) is 3.05. The first kappa shape index (κ1) is 17.3. The van der Waals surface area contributed by atoms with E-state index in [0.717, 1.165) is 6.20 Å². The van der Waals surface area contributed by atoms with E-state index in [4.69, 9.17) is 34.8 Å². The maximum absolute atomic E-state index is 14.0. The Labute approximate surface area is 152 Å². The molecule has 0 bridgehead atoms. The Morgan fingerprint density at radius 2 is 1.79 bits per heavy atom. The lowest BCUT2D eigenvalue weighted by Crippen LogP contribution is -2.16. The van der Waals surface area contributed by atoms with E-state index < -0.39 is 11.4 Å². The number of fused-ring (bicyclic) bond motifs is 1. The zero-order chi connectivity index (χ0) is 17.6. The molecule has 0 atom stereocenters. The van der Waals surface area contributed by atoms with E-state index in [1.54, 1.807) is 19.9 Å². The predicted octanol–water partition coefficient (Wildman–Crippen LogP) is 5.02. The zero-order valence-electron chi connectivity index (χ0n) is 12.6. The van der Waals surface area contributed by atoms with Crippen LogP contribution in [0, 0.1) is 5.82 Å². The van der Waals surface area contributed by atoms with Gasteiger partial charge in [-0.1, -0.05) is 23.2 Å². The van der Waals surface area contributed by atoms with Crippen molar-refractivity contribution in [2.75, 3.05) is 0 Å².